The third kappa shape index (κ3) is 3.88. The molecule has 1 amide bonds. The molecule has 5 rings (SSSR count). The fraction of sp³-hybridized carbons (Fsp3) is 0.346. The molecule has 0 aliphatic carbocycles. The van der Waals surface area contributed by atoms with Crippen molar-refractivity contribution in [2.24, 2.45) is 0 Å². The van der Waals surface area contributed by atoms with Crippen molar-refractivity contribution in [3.05, 3.63) is 69.3 Å². The number of rotatable bonds is 5. The molecule has 1 fully saturated rings. The predicted octanol–water partition coefficient (Wildman–Crippen LogP) is 4.59. The van der Waals surface area contributed by atoms with Crippen molar-refractivity contribution in [2.45, 2.75) is 45.6 Å². The molecule has 0 saturated carbocycles. The fourth-order valence-electron chi connectivity index (χ4n) is 4.82. The molecule has 7 nitrogen and oxygen atoms in total. The van der Waals surface area contributed by atoms with Crippen LogP contribution in [0.15, 0.2) is 45.6 Å². The summed E-state index contributed by atoms with van der Waals surface area (Å²) in [6, 6.07) is 11.5. The van der Waals surface area contributed by atoms with E-state index in [1.807, 2.05) is 43.0 Å². The Balaban J connectivity index is 1.36. The molecular formula is C26H27N3O4. The van der Waals surface area contributed by atoms with Gasteiger partial charge in [0.25, 0.3) is 0 Å². The maximum Gasteiger partial charge on any atom is 0.339 e. The van der Waals surface area contributed by atoms with Crippen molar-refractivity contribution in [2.75, 3.05) is 13.7 Å². The van der Waals surface area contributed by atoms with Crippen LogP contribution >= 0.6 is 0 Å². The van der Waals surface area contributed by atoms with Crippen molar-refractivity contribution in [1.29, 1.82) is 0 Å². The van der Waals surface area contributed by atoms with Gasteiger partial charge < -0.3 is 19.0 Å². The average Bonchev–Trinajstić information content (AvgIpc) is 3.45. The third-order valence-corrected chi connectivity index (χ3v) is 6.63. The summed E-state index contributed by atoms with van der Waals surface area (Å²) in [5.41, 5.74) is 4.57. The van der Waals surface area contributed by atoms with E-state index >= 15 is 0 Å². The Morgan fingerprint density at radius 3 is 2.91 bits per heavy atom. The molecule has 33 heavy (non-hydrogen) atoms. The Morgan fingerprint density at radius 2 is 2.09 bits per heavy atom. The van der Waals surface area contributed by atoms with E-state index in [4.69, 9.17) is 14.1 Å². The van der Waals surface area contributed by atoms with Crippen LogP contribution in [-0.4, -0.2) is 34.4 Å². The highest BCUT2D eigenvalue weighted by Crippen LogP contribution is 2.32. The molecule has 1 N–H and O–H groups in total. The molecule has 1 saturated heterocycles. The van der Waals surface area contributed by atoms with Crippen LogP contribution in [0.25, 0.3) is 22.0 Å². The lowest BCUT2D eigenvalue weighted by molar-refractivity contribution is -0.132. The van der Waals surface area contributed by atoms with Gasteiger partial charge in [-0.15, -0.1) is 0 Å². The maximum atomic E-state index is 13.2. The minimum Gasteiger partial charge on any atom is -0.497 e. The van der Waals surface area contributed by atoms with Crippen LogP contribution in [0.3, 0.4) is 0 Å². The van der Waals surface area contributed by atoms with E-state index in [1.165, 1.54) is 5.56 Å². The zero-order valence-corrected chi connectivity index (χ0v) is 19.1. The number of fused-ring (bicyclic) bond motifs is 2. The van der Waals surface area contributed by atoms with E-state index in [1.54, 1.807) is 13.2 Å². The van der Waals surface area contributed by atoms with Gasteiger partial charge in [0.05, 0.1) is 24.2 Å². The predicted molar refractivity (Wildman–Crippen MR) is 127 cm³/mol. The zero-order chi connectivity index (χ0) is 23.1. The number of aromatic nitrogens is 2. The number of nitrogens with zero attached hydrogens (tertiary/aromatic N) is 2. The molecule has 1 aliphatic rings. The summed E-state index contributed by atoms with van der Waals surface area (Å²) < 4.78 is 10.8. The van der Waals surface area contributed by atoms with Gasteiger partial charge >= 0.3 is 5.63 Å². The van der Waals surface area contributed by atoms with E-state index in [0.29, 0.717) is 29.9 Å². The number of benzene rings is 2. The standard InChI is InChI=1S/C26H27N3O4/c1-15-6-10-20-21(13-15)28-25(27-20)22-5-4-12-29(22)24(30)11-9-19-16(2)18-8-7-17(32-3)14-23(18)33-26(19)31/h6-8,10,13-14,22H,4-5,9,11-12H2,1-3H3,(H,27,28)/t22-/m0/s1. The fourth-order valence-corrected chi connectivity index (χ4v) is 4.82. The first kappa shape index (κ1) is 21.2. The summed E-state index contributed by atoms with van der Waals surface area (Å²) in [4.78, 5) is 35.9. The van der Waals surface area contributed by atoms with Crippen molar-refractivity contribution in [3.63, 3.8) is 0 Å². The highest BCUT2D eigenvalue weighted by atomic mass is 16.5. The first-order valence-corrected chi connectivity index (χ1v) is 11.3. The van der Waals surface area contributed by atoms with Crippen LogP contribution in [0.1, 0.15) is 47.8 Å². The van der Waals surface area contributed by atoms with E-state index in [0.717, 1.165) is 40.6 Å². The van der Waals surface area contributed by atoms with Crippen LogP contribution in [0.5, 0.6) is 5.75 Å². The van der Waals surface area contributed by atoms with Crippen molar-refractivity contribution in [1.82, 2.24) is 14.9 Å². The maximum absolute atomic E-state index is 13.2. The molecule has 3 heterocycles. The molecule has 7 heteroatoms. The quantitative estimate of drug-likeness (QED) is 0.454. The lowest BCUT2D eigenvalue weighted by Crippen LogP contribution is -2.31. The molecule has 0 radical (unpaired) electrons. The highest BCUT2D eigenvalue weighted by Gasteiger charge is 2.32. The second-order valence-corrected chi connectivity index (χ2v) is 8.74. The molecule has 2 aromatic carbocycles. The summed E-state index contributed by atoms with van der Waals surface area (Å²) in [6.07, 6.45) is 2.41. The van der Waals surface area contributed by atoms with Gasteiger partial charge in [-0.1, -0.05) is 6.07 Å². The van der Waals surface area contributed by atoms with Gasteiger partial charge in [0.2, 0.25) is 5.91 Å². The van der Waals surface area contributed by atoms with E-state index in [2.05, 4.69) is 11.1 Å². The number of carbonyl (C=O) groups is 1. The normalized spacial score (nSPS) is 16.1. The molecule has 4 aromatic rings. The lowest BCUT2D eigenvalue weighted by Gasteiger charge is -2.23. The summed E-state index contributed by atoms with van der Waals surface area (Å²) >= 11 is 0. The van der Waals surface area contributed by atoms with Crippen LogP contribution in [0.4, 0.5) is 0 Å². The number of aromatic amines is 1. The number of imidazole rings is 1. The largest absolute Gasteiger partial charge is 0.497 e. The van der Waals surface area contributed by atoms with Gasteiger partial charge in [-0.3, -0.25) is 4.79 Å². The zero-order valence-electron chi connectivity index (χ0n) is 19.1. The number of aryl methyl sites for hydroxylation is 2. The number of ether oxygens (including phenoxy) is 1. The van der Waals surface area contributed by atoms with Gasteiger partial charge in [0.15, 0.2) is 0 Å². The number of carbonyl (C=O) groups excluding carboxylic acids is 1. The number of nitrogens with one attached hydrogen (secondary N) is 1. The van der Waals surface area contributed by atoms with Gasteiger partial charge in [0, 0.05) is 30.0 Å². The Morgan fingerprint density at radius 1 is 1.24 bits per heavy atom. The minimum absolute atomic E-state index is 0.0303. The molecule has 0 unspecified atom stereocenters. The smallest absolute Gasteiger partial charge is 0.339 e. The number of methoxy groups -OCH3 is 1. The summed E-state index contributed by atoms with van der Waals surface area (Å²) in [5.74, 6) is 1.49. The second kappa shape index (κ2) is 8.39. The first-order valence-electron chi connectivity index (χ1n) is 11.3. The molecule has 2 aromatic heterocycles. The van der Waals surface area contributed by atoms with Crippen molar-refractivity contribution < 1.29 is 13.9 Å². The number of hydrogen-bond donors (Lipinski definition) is 1. The Kier molecular flexibility index (Phi) is 5.40. The Bertz CT molecular complexity index is 1420. The average molecular weight is 446 g/mol. The van der Waals surface area contributed by atoms with Crippen LogP contribution in [0, 0.1) is 13.8 Å². The molecule has 0 bridgehead atoms. The number of hydrogen-bond acceptors (Lipinski definition) is 5. The van der Waals surface area contributed by atoms with Gasteiger partial charge in [-0.2, -0.15) is 0 Å². The van der Waals surface area contributed by atoms with Crippen molar-refractivity contribution in [3.8, 4) is 5.75 Å². The number of H-pyrrole nitrogens is 1. The van der Waals surface area contributed by atoms with E-state index in [-0.39, 0.29) is 18.4 Å². The summed E-state index contributed by atoms with van der Waals surface area (Å²) in [7, 11) is 1.57. The summed E-state index contributed by atoms with van der Waals surface area (Å²) in [6.45, 7) is 4.65. The molecule has 170 valence electrons. The first-order chi connectivity index (χ1) is 15.9. The SMILES string of the molecule is COc1ccc2c(C)c(CCC(=O)N3CCC[C@H]3c3nc4ccc(C)cc4[nH]3)c(=O)oc2c1. The minimum atomic E-state index is -0.397. The lowest BCUT2D eigenvalue weighted by atomic mass is 10.0. The van der Waals surface area contributed by atoms with E-state index < -0.39 is 5.63 Å². The van der Waals surface area contributed by atoms with Crippen LogP contribution < -0.4 is 10.4 Å². The second-order valence-electron chi connectivity index (χ2n) is 8.74. The Labute approximate surface area is 191 Å². The third-order valence-electron chi connectivity index (χ3n) is 6.63. The van der Waals surface area contributed by atoms with Gasteiger partial charge in [0.1, 0.15) is 17.2 Å². The van der Waals surface area contributed by atoms with E-state index in [9.17, 15) is 9.59 Å². The number of likely N-dealkylation sites (tertiary alicyclic amines) is 1. The van der Waals surface area contributed by atoms with Crippen LogP contribution in [0.2, 0.25) is 0 Å². The van der Waals surface area contributed by atoms with Crippen molar-refractivity contribution >= 4 is 27.9 Å². The summed E-state index contributed by atoms with van der Waals surface area (Å²) in [5, 5.41) is 0.856. The monoisotopic (exact) mass is 445 g/mol. The van der Waals surface area contributed by atoms with Gasteiger partial charge in [-0.05, 0) is 68.5 Å². The molecule has 1 aliphatic heterocycles. The van der Waals surface area contributed by atoms with Crippen LogP contribution in [-0.2, 0) is 11.2 Å². The Hall–Kier alpha value is -3.61. The molecular weight excluding hydrogens is 418 g/mol. The van der Waals surface area contributed by atoms with Gasteiger partial charge in [-0.25, -0.2) is 9.78 Å². The highest BCUT2D eigenvalue weighted by molar-refractivity contribution is 5.83. The topological polar surface area (TPSA) is 88.4 Å². The number of amides is 1. The molecule has 1 atom stereocenters. The molecule has 0 spiro atoms.